The first-order valence-corrected chi connectivity index (χ1v) is 6.50. The summed E-state index contributed by atoms with van der Waals surface area (Å²) in [6.07, 6.45) is 1.14. The number of hydrogen-bond donors (Lipinski definition) is 2. The molecule has 2 aliphatic rings. The van der Waals surface area contributed by atoms with Gasteiger partial charge in [-0.05, 0) is 41.7 Å². The fourth-order valence-corrected chi connectivity index (χ4v) is 3.43. The van der Waals surface area contributed by atoms with Crippen molar-refractivity contribution in [3.8, 4) is 0 Å². The highest BCUT2D eigenvalue weighted by molar-refractivity contribution is 5.96. The molecule has 0 amide bonds. The molecule has 0 spiro atoms. The lowest BCUT2D eigenvalue weighted by Crippen LogP contribution is -2.54. The summed E-state index contributed by atoms with van der Waals surface area (Å²) in [5.41, 5.74) is 1.22. The van der Waals surface area contributed by atoms with Gasteiger partial charge in [-0.15, -0.1) is 0 Å². The Hall–Kier alpha value is -0.930. The van der Waals surface area contributed by atoms with Gasteiger partial charge >= 0.3 is 0 Å². The number of ketones is 1. The van der Waals surface area contributed by atoms with Crippen LogP contribution in [-0.4, -0.2) is 28.2 Å². The highest BCUT2D eigenvalue weighted by atomic mass is 16.3. The van der Waals surface area contributed by atoms with Gasteiger partial charge in [0.2, 0.25) is 0 Å². The predicted octanol–water partition coefficient (Wildman–Crippen LogP) is 1.85. The number of aliphatic hydroxyl groups excluding tert-OH is 2. The van der Waals surface area contributed by atoms with Crippen LogP contribution in [-0.2, 0) is 4.79 Å². The summed E-state index contributed by atoms with van der Waals surface area (Å²) in [7, 11) is 0. The van der Waals surface area contributed by atoms with Crippen LogP contribution in [0.5, 0.6) is 0 Å². The van der Waals surface area contributed by atoms with Crippen LogP contribution >= 0.6 is 0 Å². The van der Waals surface area contributed by atoms with E-state index in [1.54, 1.807) is 13.0 Å². The molecule has 2 rings (SSSR count). The molecule has 100 valence electrons. The topological polar surface area (TPSA) is 57.5 Å². The standard InChI is InChI=1S/C15H22O3/c1-8-5-6-11(16)9(2)10-7-15(3,4)12(10)14(18)13(8)17/h5,10,12-14,17-18H,2,6-7H2,1,3-4H3/t10-,12-,13-,14+/m1/s1. The van der Waals surface area contributed by atoms with Crippen molar-refractivity contribution >= 4 is 5.78 Å². The molecule has 3 heteroatoms. The number of Topliss-reactive ketones (excluding diaryl/α,β-unsaturated/α-hetero) is 1. The first-order chi connectivity index (χ1) is 8.25. The Labute approximate surface area is 108 Å². The van der Waals surface area contributed by atoms with Crippen LogP contribution < -0.4 is 0 Å². The molecular formula is C15H22O3. The second-order valence-corrected chi connectivity index (χ2v) is 6.36. The number of rotatable bonds is 0. The Kier molecular flexibility index (Phi) is 3.24. The van der Waals surface area contributed by atoms with Crippen LogP contribution in [0.4, 0.5) is 0 Å². The van der Waals surface area contributed by atoms with Crippen molar-refractivity contribution in [3.05, 3.63) is 23.8 Å². The molecule has 4 atom stereocenters. The van der Waals surface area contributed by atoms with Gasteiger partial charge < -0.3 is 10.2 Å². The predicted molar refractivity (Wildman–Crippen MR) is 69.9 cm³/mol. The van der Waals surface area contributed by atoms with Gasteiger partial charge in [-0.1, -0.05) is 26.5 Å². The summed E-state index contributed by atoms with van der Waals surface area (Å²) < 4.78 is 0. The van der Waals surface area contributed by atoms with Crippen molar-refractivity contribution in [1.82, 2.24) is 0 Å². The van der Waals surface area contributed by atoms with E-state index in [2.05, 4.69) is 20.4 Å². The van der Waals surface area contributed by atoms with E-state index >= 15 is 0 Å². The molecule has 0 unspecified atom stereocenters. The second-order valence-electron chi connectivity index (χ2n) is 6.36. The van der Waals surface area contributed by atoms with E-state index in [4.69, 9.17) is 0 Å². The highest BCUT2D eigenvalue weighted by Crippen LogP contribution is 2.56. The Morgan fingerprint density at radius 3 is 2.56 bits per heavy atom. The SMILES string of the molecule is C=C1C(=O)CC=C(C)[C@@H](O)[C@@H](O)[C@H]2[C@@H]1CC2(C)C. The third-order valence-corrected chi connectivity index (χ3v) is 4.66. The van der Waals surface area contributed by atoms with Crippen LogP contribution in [0.15, 0.2) is 23.8 Å². The zero-order chi connectivity index (χ0) is 13.7. The van der Waals surface area contributed by atoms with Crippen molar-refractivity contribution < 1.29 is 15.0 Å². The minimum atomic E-state index is -0.879. The second kappa shape index (κ2) is 4.32. The maximum Gasteiger partial charge on any atom is 0.162 e. The average Bonchev–Trinajstić information content (AvgIpc) is 2.31. The van der Waals surface area contributed by atoms with Gasteiger partial charge in [0.25, 0.3) is 0 Å². The average molecular weight is 250 g/mol. The van der Waals surface area contributed by atoms with Crippen LogP contribution in [0.2, 0.25) is 0 Å². The molecule has 2 aliphatic carbocycles. The molecule has 0 aromatic rings. The Balaban J connectivity index is 2.38. The Morgan fingerprint density at radius 1 is 1.39 bits per heavy atom. The van der Waals surface area contributed by atoms with Crippen molar-refractivity contribution in [1.29, 1.82) is 0 Å². The maximum atomic E-state index is 12.0. The molecule has 0 heterocycles. The van der Waals surface area contributed by atoms with Gasteiger partial charge in [-0.2, -0.15) is 0 Å². The Morgan fingerprint density at radius 2 is 2.00 bits per heavy atom. The van der Waals surface area contributed by atoms with E-state index < -0.39 is 12.2 Å². The van der Waals surface area contributed by atoms with Crippen molar-refractivity contribution in [2.75, 3.05) is 0 Å². The zero-order valence-electron chi connectivity index (χ0n) is 11.3. The van der Waals surface area contributed by atoms with E-state index in [1.165, 1.54) is 0 Å². The lowest BCUT2D eigenvalue weighted by atomic mass is 9.51. The first kappa shape index (κ1) is 13.5. The van der Waals surface area contributed by atoms with Crippen LogP contribution in [0.3, 0.4) is 0 Å². The van der Waals surface area contributed by atoms with Gasteiger partial charge in [-0.25, -0.2) is 0 Å². The molecule has 0 aromatic heterocycles. The van der Waals surface area contributed by atoms with E-state index in [9.17, 15) is 15.0 Å². The smallest absolute Gasteiger partial charge is 0.162 e. The molecule has 0 bridgehead atoms. The minimum absolute atomic E-state index is 0.0106. The van der Waals surface area contributed by atoms with Crippen molar-refractivity contribution in [3.63, 3.8) is 0 Å². The van der Waals surface area contributed by atoms with Crippen molar-refractivity contribution in [2.24, 2.45) is 17.3 Å². The van der Waals surface area contributed by atoms with Gasteiger partial charge in [-0.3, -0.25) is 4.79 Å². The van der Waals surface area contributed by atoms with E-state index in [-0.39, 0.29) is 29.5 Å². The van der Waals surface area contributed by atoms with Gasteiger partial charge in [0.05, 0.1) is 6.10 Å². The molecule has 0 radical (unpaired) electrons. The fourth-order valence-electron chi connectivity index (χ4n) is 3.43. The van der Waals surface area contributed by atoms with Gasteiger partial charge in [0, 0.05) is 6.42 Å². The molecule has 0 aromatic carbocycles. The Bertz CT molecular complexity index is 419. The van der Waals surface area contributed by atoms with E-state index in [1.807, 2.05) is 0 Å². The van der Waals surface area contributed by atoms with Crippen molar-refractivity contribution in [2.45, 2.75) is 45.8 Å². The number of aliphatic hydroxyl groups is 2. The van der Waals surface area contributed by atoms with Crippen LogP contribution in [0, 0.1) is 17.3 Å². The number of carbonyl (C=O) groups is 1. The summed E-state index contributed by atoms with van der Waals surface area (Å²) >= 11 is 0. The first-order valence-electron chi connectivity index (χ1n) is 6.50. The third-order valence-electron chi connectivity index (χ3n) is 4.66. The zero-order valence-corrected chi connectivity index (χ0v) is 11.3. The molecule has 2 N–H and O–H groups in total. The maximum absolute atomic E-state index is 12.0. The summed E-state index contributed by atoms with van der Waals surface area (Å²) in [5.74, 6) is -0.0528. The van der Waals surface area contributed by atoms with Gasteiger partial charge in [0.1, 0.15) is 6.10 Å². The summed E-state index contributed by atoms with van der Waals surface area (Å²) in [6, 6.07) is 0. The van der Waals surface area contributed by atoms with Gasteiger partial charge in [0.15, 0.2) is 5.78 Å². The highest BCUT2D eigenvalue weighted by Gasteiger charge is 2.54. The van der Waals surface area contributed by atoms with Crippen LogP contribution in [0.25, 0.3) is 0 Å². The largest absolute Gasteiger partial charge is 0.390 e. The summed E-state index contributed by atoms with van der Waals surface area (Å²) in [4.78, 5) is 12.0. The molecule has 1 fully saturated rings. The monoisotopic (exact) mass is 250 g/mol. The minimum Gasteiger partial charge on any atom is -0.390 e. The fraction of sp³-hybridized carbons (Fsp3) is 0.667. The lowest BCUT2D eigenvalue weighted by Gasteiger charge is -2.54. The summed E-state index contributed by atoms with van der Waals surface area (Å²) in [6.45, 7) is 9.80. The molecule has 0 saturated heterocycles. The molecule has 0 aliphatic heterocycles. The normalized spacial score (nSPS) is 39.9. The van der Waals surface area contributed by atoms with Crippen LogP contribution in [0.1, 0.15) is 33.6 Å². The number of carbonyl (C=O) groups excluding carboxylic acids is 1. The number of hydrogen-bond acceptors (Lipinski definition) is 3. The number of fused-ring (bicyclic) bond motifs is 1. The molecule has 1 saturated carbocycles. The summed E-state index contributed by atoms with van der Waals surface area (Å²) in [5, 5.41) is 20.5. The molecular weight excluding hydrogens is 228 g/mol. The van der Waals surface area contributed by atoms with E-state index in [0.29, 0.717) is 11.1 Å². The molecule has 18 heavy (non-hydrogen) atoms. The quantitative estimate of drug-likeness (QED) is 0.509. The van der Waals surface area contributed by atoms with E-state index in [0.717, 1.165) is 6.42 Å². The third kappa shape index (κ3) is 1.95. The lowest BCUT2D eigenvalue weighted by molar-refractivity contribution is -0.126. The molecule has 3 nitrogen and oxygen atoms in total. The number of allylic oxidation sites excluding steroid dienone is 2.